The summed E-state index contributed by atoms with van der Waals surface area (Å²) in [6.07, 6.45) is -1.87. The summed E-state index contributed by atoms with van der Waals surface area (Å²) in [4.78, 5) is 23.8. The number of nitrogens with one attached hydrogen (secondary N) is 1. The summed E-state index contributed by atoms with van der Waals surface area (Å²) in [6, 6.07) is -0.978. The molecule has 0 bridgehead atoms. The molecule has 0 heterocycles. The van der Waals surface area contributed by atoms with Gasteiger partial charge in [0.1, 0.15) is 12.1 Å². The zero-order valence-corrected chi connectivity index (χ0v) is 11.3. The Morgan fingerprint density at radius 3 is 2.20 bits per heavy atom. The zero-order valence-electron chi connectivity index (χ0n) is 11.3. The van der Waals surface area contributed by atoms with E-state index in [1.165, 1.54) is 6.92 Å². The second kappa shape index (κ2) is 6.32. The van der Waals surface area contributed by atoms with Crippen molar-refractivity contribution in [3.05, 3.63) is 0 Å². The van der Waals surface area contributed by atoms with Crippen molar-refractivity contribution in [2.75, 3.05) is 13.1 Å². The van der Waals surface area contributed by atoms with Gasteiger partial charge in [-0.15, -0.1) is 0 Å². The molecule has 2 amide bonds. The van der Waals surface area contributed by atoms with Crippen molar-refractivity contribution < 1.29 is 27.9 Å². The van der Waals surface area contributed by atoms with E-state index in [0.29, 0.717) is 17.7 Å². The molecule has 1 aliphatic carbocycles. The standard InChI is InChI=1S/C12H19F3N2O3/c1-2-17(8-12(13,14)15)10(20)16-11(9(18)19)6-4-3-5-7-11/h2-8H2,1H3,(H,16,20)(H,18,19). The average molecular weight is 296 g/mol. The van der Waals surface area contributed by atoms with Crippen molar-refractivity contribution in [2.45, 2.75) is 50.7 Å². The van der Waals surface area contributed by atoms with Crippen LogP contribution in [0.25, 0.3) is 0 Å². The minimum Gasteiger partial charge on any atom is -0.480 e. The number of aliphatic carboxylic acids is 1. The number of alkyl halides is 3. The van der Waals surface area contributed by atoms with Crippen LogP contribution in [0, 0.1) is 0 Å². The van der Waals surface area contributed by atoms with Gasteiger partial charge in [0.2, 0.25) is 0 Å². The summed E-state index contributed by atoms with van der Waals surface area (Å²) >= 11 is 0. The third-order valence-corrected chi connectivity index (χ3v) is 3.50. The summed E-state index contributed by atoms with van der Waals surface area (Å²) in [5, 5.41) is 11.6. The molecule has 1 fully saturated rings. The number of rotatable bonds is 4. The Kier molecular flexibility index (Phi) is 5.24. The van der Waals surface area contributed by atoms with Crippen LogP contribution in [0.1, 0.15) is 39.0 Å². The molecule has 0 aliphatic heterocycles. The Hall–Kier alpha value is -1.47. The van der Waals surface area contributed by atoms with Crippen LogP contribution in [0.15, 0.2) is 0 Å². The van der Waals surface area contributed by atoms with Gasteiger partial charge < -0.3 is 15.3 Å². The second-order valence-electron chi connectivity index (χ2n) is 5.01. The molecule has 8 heteroatoms. The van der Waals surface area contributed by atoms with Gasteiger partial charge in [-0.3, -0.25) is 0 Å². The van der Waals surface area contributed by atoms with Gasteiger partial charge >= 0.3 is 18.2 Å². The maximum atomic E-state index is 12.3. The summed E-state index contributed by atoms with van der Waals surface area (Å²) < 4.78 is 37.0. The first-order valence-electron chi connectivity index (χ1n) is 6.57. The zero-order chi connectivity index (χ0) is 15.4. The highest BCUT2D eigenvalue weighted by molar-refractivity contribution is 5.86. The molecule has 0 saturated heterocycles. The van der Waals surface area contributed by atoms with Crippen LogP contribution < -0.4 is 5.32 Å². The second-order valence-corrected chi connectivity index (χ2v) is 5.01. The number of halogens is 3. The predicted octanol–water partition coefficient (Wildman–Crippen LogP) is 2.37. The number of amides is 2. The van der Waals surface area contributed by atoms with E-state index in [-0.39, 0.29) is 19.4 Å². The third-order valence-electron chi connectivity index (χ3n) is 3.50. The number of carbonyl (C=O) groups is 2. The highest BCUT2D eigenvalue weighted by Gasteiger charge is 2.42. The van der Waals surface area contributed by atoms with Crippen molar-refractivity contribution in [2.24, 2.45) is 0 Å². The maximum absolute atomic E-state index is 12.3. The molecule has 1 saturated carbocycles. The van der Waals surface area contributed by atoms with Crippen LogP contribution in [0.5, 0.6) is 0 Å². The number of carboxylic acid groups (broad SMARTS) is 1. The van der Waals surface area contributed by atoms with E-state index >= 15 is 0 Å². The summed E-state index contributed by atoms with van der Waals surface area (Å²) in [6.45, 7) is -0.105. The monoisotopic (exact) mass is 296 g/mol. The minimum absolute atomic E-state index is 0.138. The van der Waals surface area contributed by atoms with Crippen LogP contribution >= 0.6 is 0 Å². The fraction of sp³-hybridized carbons (Fsp3) is 0.833. The van der Waals surface area contributed by atoms with E-state index in [1.54, 1.807) is 0 Å². The van der Waals surface area contributed by atoms with Crippen molar-refractivity contribution in [1.29, 1.82) is 0 Å². The minimum atomic E-state index is -4.50. The van der Waals surface area contributed by atoms with Gasteiger partial charge in [-0.1, -0.05) is 19.3 Å². The van der Waals surface area contributed by atoms with Gasteiger partial charge in [-0.05, 0) is 19.8 Å². The van der Waals surface area contributed by atoms with E-state index in [4.69, 9.17) is 0 Å². The molecule has 0 aromatic rings. The van der Waals surface area contributed by atoms with Gasteiger partial charge in [0.05, 0.1) is 0 Å². The van der Waals surface area contributed by atoms with Gasteiger partial charge in [0, 0.05) is 6.54 Å². The summed E-state index contributed by atoms with van der Waals surface area (Å²) in [5.74, 6) is -1.19. The molecule has 1 rings (SSSR count). The molecule has 0 unspecified atom stereocenters. The number of nitrogens with zero attached hydrogens (tertiary/aromatic N) is 1. The van der Waals surface area contributed by atoms with E-state index < -0.39 is 30.3 Å². The van der Waals surface area contributed by atoms with Crippen LogP contribution in [-0.4, -0.2) is 46.8 Å². The topological polar surface area (TPSA) is 69.6 Å². The molecule has 5 nitrogen and oxygen atoms in total. The van der Waals surface area contributed by atoms with Crippen molar-refractivity contribution in [3.8, 4) is 0 Å². The lowest BCUT2D eigenvalue weighted by Gasteiger charge is -2.36. The lowest BCUT2D eigenvalue weighted by molar-refractivity contribution is -0.146. The molecule has 2 N–H and O–H groups in total. The number of hydrogen-bond donors (Lipinski definition) is 2. The van der Waals surface area contributed by atoms with Crippen molar-refractivity contribution in [3.63, 3.8) is 0 Å². The quantitative estimate of drug-likeness (QED) is 0.836. The molecule has 20 heavy (non-hydrogen) atoms. The van der Waals surface area contributed by atoms with Gasteiger partial charge in [0.25, 0.3) is 0 Å². The molecule has 0 atom stereocenters. The average Bonchev–Trinajstić information content (AvgIpc) is 2.35. The predicted molar refractivity (Wildman–Crippen MR) is 65.3 cm³/mol. The van der Waals surface area contributed by atoms with Gasteiger partial charge in [-0.2, -0.15) is 13.2 Å². The number of urea groups is 1. The molecule has 0 aromatic carbocycles. The molecule has 0 aromatic heterocycles. The Labute approximate surface area is 115 Å². The van der Waals surface area contributed by atoms with Crippen LogP contribution in [-0.2, 0) is 4.79 Å². The normalized spacial score (nSPS) is 18.4. The lowest BCUT2D eigenvalue weighted by atomic mass is 9.82. The Morgan fingerprint density at radius 2 is 1.80 bits per heavy atom. The highest BCUT2D eigenvalue weighted by Crippen LogP contribution is 2.29. The van der Waals surface area contributed by atoms with E-state index in [2.05, 4.69) is 5.32 Å². The van der Waals surface area contributed by atoms with Crippen LogP contribution in [0.3, 0.4) is 0 Å². The summed E-state index contributed by atoms with van der Waals surface area (Å²) in [7, 11) is 0. The number of carbonyl (C=O) groups excluding carboxylic acids is 1. The lowest BCUT2D eigenvalue weighted by Crippen LogP contribution is -2.59. The first-order valence-corrected chi connectivity index (χ1v) is 6.57. The Bertz CT molecular complexity index is 365. The fourth-order valence-electron chi connectivity index (χ4n) is 2.38. The highest BCUT2D eigenvalue weighted by atomic mass is 19.4. The molecular weight excluding hydrogens is 277 g/mol. The largest absolute Gasteiger partial charge is 0.480 e. The van der Waals surface area contributed by atoms with Crippen molar-refractivity contribution >= 4 is 12.0 Å². The van der Waals surface area contributed by atoms with Crippen LogP contribution in [0.2, 0.25) is 0 Å². The van der Waals surface area contributed by atoms with E-state index in [9.17, 15) is 27.9 Å². The summed E-state index contributed by atoms with van der Waals surface area (Å²) in [5.41, 5.74) is -1.44. The first-order chi connectivity index (χ1) is 9.20. The van der Waals surface area contributed by atoms with Gasteiger partial charge in [0.15, 0.2) is 0 Å². The molecule has 0 spiro atoms. The smallest absolute Gasteiger partial charge is 0.406 e. The third kappa shape index (κ3) is 4.28. The maximum Gasteiger partial charge on any atom is 0.406 e. The van der Waals surface area contributed by atoms with Crippen LogP contribution in [0.4, 0.5) is 18.0 Å². The van der Waals surface area contributed by atoms with Crippen molar-refractivity contribution in [1.82, 2.24) is 10.2 Å². The van der Waals surface area contributed by atoms with E-state index in [0.717, 1.165) is 6.42 Å². The fourth-order valence-corrected chi connectivity index (χ4v) is 2.38. The Morgan fingerprint density at radius 1 is 1.25 bits per heavy atom. The number of carboxylic acids is 1. The first kappa shape index (κ1) is 16.6. The SMILES string of the molecule is CCN(CC(F)(F)F)C(=O)NC1(C(=O)O)CCCCC1. The Balaban J connectivity index is 2.77. The molecule has 116 valence electrons. The van der Waals surface area contributed by atoms with E-state index in [1.807, 2.05) is 0 Å². The number of hydrogen-bond acceptors (Lipinski definition) is 2. The molecule has 0 radical (unpaired) electrons. The van der Waals surface area contributed by atoms with Gasteiger partial charge in [-0.25, -0.2) is 9.59 Å². The molecular formula is C12H19F3N2O3. The molecule has 1 aliphatic rings.